The van der Waals surface area contributed by atoms with Crippen molar-refractivity contribution in [3.8, 4) is 5.75 Å². The first-order chi connectivity index (χ1) is 10.8. The minimum Gasteiger partial charge on any atom is -0.496 e. The third kappa shape index (κ3) is 2.65. The summed E-state index contributed by atoms with van der Waals surface area (Å²) in [5.41, 5.74) is 5.28. The summed E-state index contributed by atoms with van der Waals surface area (Å²) in [5.74, 6) is -1.97. The van der Waals surface area contributed by atoms with Crippen LogP contribution in [0.1, 0.15) is 24.5 Å². The molecule has 0 spiro atoms. The van der Waals surface area contributed by atoms with Crippen molar-refractivity contribution < 1.29 is 18.7 Å². The monoisotopic (exact) mass is 337 g/mol. The quantitative estimate of drug-likeness (QED) is 0.856. The number of Topliss-reactive ketones (excluding diaryl/α,β-unsaturated/α-hetero) is 1. The summed E-state index contributed by atoms with van der Waals surface area (Å²) in [5, 5.41) is 0.504. The zero-order valence-electron chi connectivity index (χ0n) is 13.1. The van der Waals surface area contributed by atoms with Crippen molar-refractivity contribution in [1.29, 1.82) is 0 Å². The summed E-state index contributed by atoms with van der Waals surface area (Å²) in [6, 6.07) is 3.37. The molecule has 0 bridgehead atoms. The number of nitrogens with two attached hydrogens (primary N) is 1. The largest absolute Gasteiger partial charge is 0.496 e. The van der Waals surface area contributed by atoms with E-state index in [0.29, 0.717) is 21.9 Å². The number of benzene rings is 1. The second kappa shape index (κ2) is 6.16. The molecule has 1 aromatic rings. The van der Waals surface area contributed by atoms with Crippen molar-refractivity contribution in [1.82, 2.24) is 0 Å². The second-order valence-corrected chi connectivity index (χ2v) is 5.87. The number of rotatable bonds is 4. The summed E-state index contributed by atoms with van der Waals surface area (Å²) < 4.78 is 19.6. The van der Waals surface area contributed by atoms with E-state index in [-0.39, 0.29) is 6.42 Å². The molecule has 2 N–H and O–H groups in total. The standard InChI is InChI=1S/C17H17ClFNO3/c1-9-12(18)5-6-13(23-3)15(9)11-4-7-14(19)17(8-11,10(2)21)16(20)22/h4-7H,8H2,1-3H3,(H2,20,22). The lowest BCUT2D eigenvalue weighted by atomic mass is 9.72. The van der Waals surface area contributed by atoms with Crippen molar-refractivity contribution in [2.24, 2.45) is 11.1 Å². The van der Waals surface area contributed by atoms with Crippen LogP contribution >= 0.6 is 11.6 Å². The SMILES string of the molecule is COc1ccc(Cl)c(C)c1C1=CC=C(F)C(C(C)=O)(C(N)=O)C1. The number of halogens is 2. The molecule has 0 heterocycles. The zero-order chi connectivity index (χ0) is 17.4. The van der Waals surface area contributed by atoms with Crippen molar-refractivity contribution >= 4 is 28.9 Å². The molecule has 1 aliphatic carbocycles. The third-order valence-electron chi connectivity index (χ3n) is 4.22. The first kappa shape index (κ1) is 17.2. The fourth-order valence-corrected chi connectivity index (χ4v) is 2.98. The van der Waals surface area contributed by atoms with E-state index in [0.717, 1.165) is 18.6 Å². The number of amides is 1. The van der Waals surface area contributed by atoms with E-state index < -0.39 is 22.9 Å². The molecule has 0 fully saturated rings. The van der Waals surface area contributed by atoms with Crippen LogP contribution in [0, 0.1) is 12.3 Å². The van der Waals surface area contributed by atoms with Gasteiger partial charge in [0.2, 0.25) is 5.91 Å². The Morgan fingerprint density at radius 2 is 2.00 bits per heavy atom. The highest BCUT2D eigenvalue weighted by molar-refractivity contribution is 6.31. The number of methoxy groups -OCH3 is 1. The first-order valence-electron chi connectivity index (χ1n) is 6.97. The number of ether oxygens (including phenoxy) is 1. The van der Waals surface area contributed by atoms with Crippen LogP contribution in [0.25, 0.3) is 5.57 Å². The fraction of sp³-hybridized carbons (Fsp3) is 0.294. The van der Waals surface area contributed by atoms with Crippen LogP contribution < -0.4 is 10.5 Å². The Bertz CT molecular complexity index is 738. The summed E-state index contributed by atoms with van der Waals surface area (Å²) in [7, 11) is 1.50. The maximum absolute atomic E-state index is 14.3. The van der Waals surface area contributed by atoms with Gasteiger partial charge in [-0.3, -0.25) is 9.59 Å². The van der Waals surface area contributed by atoms with Gasteiger partial charge in [-0.2, -0.15) is 0 Å². The molecular formula is C17H17ClFNO3. The lowest BCUT2D eigenvalue weighted by Gasteiger charge is -2.31. The lowest BCUT2D eigenvalue weighted by Crippen LogP contribution is -2.44. The summed E-state index contributed by atoms with van der Waals surface area (Å²) in [6.45, 7) is 2.94. The van der Waals surface area contributed by atoms with E-state index >= 15 is 0 Å². The Kier molecular flexibility index (Phi) is 4.61. The van der Waals surface area contributed by atoms with Gasteiger partial charge in [0, 0.05) is 17.0 Å². The van der Waals surface area contributed by atoms with E-state index in [1.165, 1.54) is 13.2 Å². The smallest absolute Gasteiger partial charge is 0.238 e. The summed E-state index contributed by atoms with van der Waals surface area (Å²) in [6.07, 6.45) is 2.45. The Morgan fingerprint density at radius 1 is 1.35 bits per heavy atom. The van der Waals surface area contributed by atoms with E-state index in [2.05, 4.69) is 0 Å². The van der Waals surface area contributed by atoms with Crippen LogP contribution in [0.15, 0.2) is 30.1 Å². The van der Waals surface area contributed by atoms with Gasteiger partial charge < -0.3 is 10.5 Å². The lowest BCUT2D eigenvalue weighted by molar-refractivity contribution is -0.137. The van der Waals surface area contributed by atoms with Gasteiger partial charge in [0.25, 0.3) is 0 Å². The van der Waals surface area contributed by atoms with E-state index in [1.54, 1.807) is 19.1 Å². The predicted octanol–water partition coefficient (Wildman–Crippen LogP) is 3.36. The molecule has 1 unspecified atom stereocenters. The Morgan fingerprint density at radius 3 is 2.52 bits per heavy atom. The van der Waals surface area contributed by atoms with E-state index in [9.17, 15) is 14.0 Å². The third-order valence-corrected chi connectivity index (χ3v) is 4.63. The van der Waals surface area contributed by atoms with Crippen LogP contribution in [-0.2, 0) is 9.59 Å². The molecule has 1 atom stereocenters. The summed E-state index contributed by atoms with van der Waals surface area (Å²) >= 11 is 6.16. The van der Waals surface area contributed by atoms with Crippen LogP contribution in [0.4, 0.5) is 4.39 Å². The zero-order valence-corrected chi connectivity index (χ0v) is 13.8. The van der Waals surface area contributed by atoms with Gasteiger partial charge in [-0.1, -0.05) is 17.7 Å². The van der Waals surface area contributed by atoms with Gasteiger partial charge in [-0.05, 0) is 43.2 Å². The van der Waals surface area contributed by atoms with Crippen LogP contribution in [-0.4, -0.2) is 18.8 Å². The first-order valence-corrected chi connectivity index (χ1v) is 7.34. The van der Waals surface area contributed by atoms with Crippen molar-refractivity contribution in [3.63, 3.8) is 0 Å². The topological polar surface area (TPSA) is 69.4 Å². The molecule has 1 aliphatic rings. The number of allylic oxidation sites excluding steroid dienone is 3. The van der Waals surface area contributed by atoms with Gasteiger partial charge in [0.1, 0.15) is 11.6 Å². The van der Waals surface area contributed by atoms with E-state index in [1.807, 2.05) is 0 Å². The number of hydrogen-bond donors (Lipinski definition) is 1. The maximum atomic E-state index is 14.3. The Labute approximate surface area is 138 Å². The molecule has 23 heavy (non-hydrogen) atoms. The number of primary amides is 1. The number of carbonyl (C=O) groups is 2. The fourth-order valence-electron chi connectivity index (χ4n) is 2.82. The van der Waals surface area contributed by atoms with Crippen LogP contribution in [0.5, 0.6) is 5.75 Å². The molecule has 0 radical (unpaired) electrons. The van der Waals surface area contributed by atoms with Crippen LogP contribution in [0.2, 0.25) is 5.02 Å². The predicted molar refractivity (Wildman–Crippen MR) is 86.8 cm³/mol. The average Bonchev–Trinajstić information content (AvgIpc) is 2.50. The molecule has 1 aromatic carbocycles. The van der Waals surface area contributed by atoms with Gasteiger partial charge in [0.15, 0.2) is 11.2 Å². The van der Waals surface area contributed by atoms with Gasteiger partial charge in [-0.15, -0.1) is 0 Å². The van der Waals surface area contributed by atoms with Crippen molar-refractivity contribution in [3.05, 3.63) is 46.3 Å². The van der Waals surface area contributed by atoms with Gasteiger partial charge in [0.05, 0.1) is 7.11 Å². The Hall–Kier alpha value is -2.14. The Balaban J connectivity index is 2.66. The number of hydrogen-bond acceptors (Lipinski definition) is 3. The normalized spacial score (nSPS) is 20.6. The molecule has 0 saturated heterocycles. The van der Waals surface area contributed by atoms with E-state index in [4.69, 9.17) is 22.1 Å². The number of carbonyl (C=O) groups excluding carboxylic acids is 2. The van der Waals surface area contributed by atoms with Gasteiger partial charge in [-0.25, -0.2) is 4.39 Å². The average molecular weight is 338 g/mol. The molecular weight excluding hydrogens is 321 g/mol. The highest BCUT2D eigenvalue weighted by Gasteiger charge is 2.48. The molecule has 0 aliphatic heterocycles. The molecule has 1 amide bonds. The minimum absolute atomic E-state index is 0.169. The minimum atomic E-state index is -1.98. The molecule has 0 aromatic heterocycles. The molecule has 0 saturated carbocycles. The van der Waals surface area contributed by atoms with Crippen molar-refractivity contribution in [2.75, 3.05) is 7.11 Å². The molecule has 6 heteroatoms. The number of ketones is 1. The molecule has 4 nitrogen and oxygen atoms in total. The maximum Gasteiger partial charge on any atom is 0.238 e. The summed E-state index contributed by atoms with van der Waals surface area (Å²) in [4.78, 5) is 23.8. The van der Waals surface area contributed by atoms with Crippen molar-refractivity contribution in [2.45, 2.75) is 20.3 Å². The molecule has 2 rings (SSSR count). The second-order valence-electron chi connectivity index (χ2n) is 5.46. The van der Waals surface area contributed by atoms with Crippen LogP contribution in [0.3, 0.4) is 0 Å². The molecule has 122 valence electrons. The van der Waals surface area contributed by atoms with Gasteiger partial charge >= 0.3 is 0 Å². The highest BCUT2D eigenvalue weighted by atomic mass is 35.5. The highest BCUT2D eigenvalue weighted by Crippen LogP contribution is 2.46.